The van der Waals surface area contributed by atoms with E-state index in [0.29, 0.717) is 6.54 Å². The molecule has 2 N–H and O–H groups in total. The van der Waals surface area contributed by atoms with Gasteiger partial charge in [0, 0.05) is 13.0 Å². The molecule has 1 aliphatic heterocycles. The van der Waals surface area contributed by atoms with Crippen molar-refractivity contribution in [2.75, 3.05) is 13.1 Å². The number of carbonyl (C=O) groups is 1. The van der Waals surface area contributed by atoms with Crippen molar-refractivity contribution in [3.8, 4) is 0 Å². The van der Waals surface area contributed by atoms with Gasteiger partial charge in [0.2, 0.25) is 5.91 Å². The first-order valence-electron chi connectivity index (χ1n) is 7.55. The number of nitrogens with zero attached hydrogens (tertiary/aromatic N) is 1. The van der Waals surface area contributed by atoms with Crippen LogP contribution in [0.25, 0.3) is 10.2 Å². The molecule has 2 aromatic rings. The lowest BCUT2D eigenvalue weighted by Crippen LogP contribution is -2.57. The van der Waals surface area contributed by atoms with Gasteiger partial charge in [0.1, 0.15) is 0 Å². The van der Waals surface area contributed by atoms with Crippen LogP contribution in [0.1, 0.15) is 31.2 Å². The van der Waals surface area contributed by atoms with Crippen molar-refractivity contribution in [3.05, 3.63) is 29.3 Å². The fourth-order valence-corrected chi connectivity index (χ4v) is 3.72. The Morgan fingerprint density at radius 3 is 3.05 bits per heavy atom. The standard InChI is InChI=1S/C16H21N3OS/c1-16(9-4-5-10-18-16)15(20)17-11-8-14-19-12-6-2-3-7-13(12)21-14/h2-3,6-7,18H,4-5,8-11H2,1H3,(H,17,20). The molecule has 0 radical (unpaired) electrons. The predicted octanol–water partition coefficient (Wildman–Crippen LogP) is 2.49. The number of piperidine rings is 1. The van der Waals surface area contributed by atoms with Gasteiger partial charge in [-0.05, 0) is 44.9 Å². The highest BCUT2D eigenvalue weighted by Gasteiger charge is 2.33. The molecule has 1 amide bonds. The van der Waals surface area contributed by atoms with Crippen LogP contribution < -0.4 is 10.6 Å². The number of rotatable bonds is 4. The maximum Gasteiger partial charge on any atom is 0.240 e. The van der Waals surface area contributed by atoms with Gasteiger partial charge < -0.3 is 10.6 Å². The van der Waals surface area contributed by atoms with Gasteiger partial charge >= 0.3 is 0 Å². The molecule has 1 fully saturated rings. The number of nitrogens with one attached hydrogen (secondary N) is 2. The minimum atomic E-state index is -0.397. The molecule has 1 aromatic heterocycles. The second kappa shape index (κ2) is 6.12. The van der Waals surface area contributed by atoms with E-state index in [9.17, 15) is 4.79 Å². The first-order chi connectivity index (χ1) is 10.2. The van der Waals surface area contributed by atoms with Crippen LogP contribution in [0.5, 0.6) is 0 Å². The number of carbonyl (C=O) groups excluding carboxylic acids is 1. The van der Waals surface area contributed by atoms with Gasteiger partial charge in [-0.15, -0.1) is 11.3 Å². The summed E-state index contributed by atoms with van der Waals surface area (Å²) in [6.45, 7) is 3.58. The van der Waals surface area contributed by atoms with E-state index in [1.165, 1.54) is 4.70 Å². The Balaban J connectivity index is 1.54. The second-order valence-corrected chi connectivity index (χ2v) is 6.91. The third-order valence-electron chi connectivity index (χ3n) is 4.08. The Hall–Kier alpha value is -1.46. The molecular weight excluding hydrogens is 282 g/mol. The zero-order valence-electron chi connectivity index (χ0n) is 12.3. The lowest BCUT2D eigenvalue weighted by atomic mass is 9.90. The summed E-state index contributed by atoms with van der Waals surface area (Å²) >= 11 is 1.71. The van der Waals surface area contributed by atoms with E-state index in [-0.39, 0.29) is 5.91 Å². The van der Waals surface area contributed by atoms with E-state index >= 15 is 0 Å². The number of thiazole rings is 1. The lowest BCUT2D eigenvalue weighted by Gasteiger charge is -2.33. The fraction of sp³-hybridized carbons (Fsp3) is 0.500. The highest BCUT2D eigenvalue weighted by Crippen LogP contribution is 2.22. The predicted molar refractivity (Wildman–Crippen MR) is 86.6 cm³/mol. The Morgan fingerprint density at radius 2 is 2.29 bits per heavy atom. The largest absolute Gasteiger partial charge is 0.354 e. The van der Waals surface area contributed by atoms with Crippen LogP contribution >= 0.6 is 11.3 Å². The van der Waals surface area contributed by atoms with Crippen molar-refractivity contribution >= 4 is 27.5 Å². The van der Waals surface area contributed by atoms with Crippen molar-refractivity contribution in [2.24, 2.45) is 0 Å². The number of hydrogen-bond donors (Lipinski definition) is 2. The molecular formula is C16H21N3OS. The van der Waals surface area contributed by atoms with Crippen LogP contribution in [-0.4, -0.2) is 29.5 Å². The number of aromatic nitrogens is 1. The highest BCUT2D eigenvalue weighted by molar-refractivity contribution is 7.18. The first kappa shape index (κ1) is 14.5. The minimum Gasteiger partial charge on any atom is -0.354 e. The Kier molecular flexibility index (Phi) is 4.22. The van der Waals surface area contributed by atoms with Crippen LogP contribution in [0.2, 0.25) is 0 Å². The minimum absolute atomic E-state index is 0.114. The SMILES string of the molecule is CC1(C(=O)NCCc2nc3ccccc3s2)CCCCN1. The number of benzene rings is 1. The molecule has 0 bridgehead atoms. The Morgan fingerprint density at radius 1 is 1.43 bits per heavy atom. The van der Waals surface area contributed by atoms with Crippen molar-refractivity contribution in [1.82, 2.24) is 15.6 Å². The smallest absolute Gasteiger partial charge is 0.240 e. The Bertz CT molecular complexity index is 598. The molecule has 112 valence electrons. The molecule has 21 heavy (non-hydrogen) atoms. The van der Waals surface area contributed by atoms with Crippen molar-refractivity contribution in [3.63, 3.8) is 0 Å². The van der Waals surface area contributed by atoms with Gasteiger partial charge in [0.05, 0.1) is 20.8 Å². The van der Waals surface area contributed by atoms with E-state index in [4.69, 9.17) is 0 Å². The van der Waals surface area contributed by atoms with Crippen LogP contribution in [0.4, 0.5) is 0 Å². The maximum absolute atomic E-state index is 12.3. The van der Waals surface area contributed by atoms with Gasteiger partial charge in [-0.2, -0.15) is 0 Å². The third kappa shape index (κ3) is 3.24. The fourth-order valence-electron chi connectivity index (χ4n) is 2.75. The summed E-state index contributed by atoms with van der Waals surface area (Å²) in [6, 6.07) is 8.15. The van der Waals surface area contributed by atoms with Crippen LogP contribution in [0.3, 0.4) is 0 Å². The van der Waals surface area contributed by atoms with E-state index in [0.717, 1.165) is 42.8 Å². The number of para-hydroxylation sites is 1. The molecule has 1 aliphatic rings. The van der Waals surface area contributed by atoms with E-state index in [1.54, 1.807) is 11.3 Å². The number of fused-ring (bicyclic) bond motifs is 1. The van der Waals surface area contributed by atoms with Gasteiger partial charge in [-0.1, -0.05) is 12.1 Å². The van der Waals surface area contributed by atoms with Crippen molar-refractivity contribution in [2.45, 2.75) is 38.1 Å². The normalized spacial score (nSPS) is 22.3. The van der Waals surface area contributed by atoms with Gasteiger partial charge in [-0.25, -0.2) is 4.98 Å². The molecule has 3 rings (SSSR count). The highest BCUT2D eigenvalue weighted by atomic mass is 32.1. The maximum atomic E-state index is 12.3. The molecule has 1 atom stereocenters. The van der Waals surface area contributed by atoms with Crippen LogP contribution in [0.15, 0.2) is 24.3 Å². The van der Waals surface area contributed by atoms with Gasteiger partial charge in [0.15, 0.2) is 0 Å². The molecule has 1 aromatic carbocycles. The summed E-state index contributed by atoms with van der Waals surface area (Å²) in [6.07, 6.45) is 3.99. The average molecular weight is 303 g/mol. The lowest BCUT2D eigenvalue weighted by molar-refractivity contribution is -0.127. The zero-order valence-corrected chi connectivity index (χ0v) is 13.1. The first-order valence-corrected chi connectivity index (χ1v) is 8.37. The second-order valence-electron chi connectivity index (χ2n) is 5.80. The summed E-state index contributed by atoms with van der Waals surface area (Å²) in [5.41, 5.74) is 0.649. The van der Waals surface area contributed by atoms with Crippen molar-refractivity contribution in [1.29, 1.82) is 0 Å². The molecule has 2 heterocycles. The Labute approximate surface area is 129 Å². The molecule has 4 nitrogen and oxygen atoms in total. The topological polar surface area (TPSA) is 54.0 Å². The zero-order chi connectivity index (χ0) is 14.7. The summed E-state index contributed by atoms with van der Waals surface area (Å²) in [7, 11) is 0. The van der Waals surface area contributed by atoms with E-state index in [2.05, 4.69) is 21.7 Å². The summed E-state index contributed by atoms with van der Waals surface area (Å²) in [5.74, 6) is 0.114. The monoisotopic (exact) mass is 303 g/mol. The molecule has 0 saturated carbocycles. The summed E-state index contributed by atoms with van der Waals surface area (Å²) < 4.78 is 1.21. The number of amides is 1. The molecule has 5 heteroatoms. The van der Waals surface area contributed by atoms with Crippen LogP contribution in [-0.2, 0) is 11.2 Å². The summed E-state index contributed by atoms with van der Waals surface area (Å²) in [4.78, 5) is 16.9. The van der Waals surface area contributed by atoms with Gasteiger partial charge in [-0.3, -0.25) is 4.79 Å². The summed E-state index contributed by atoms with van der Waals surface area (Å²) in [5, 5.41) is 7.47. The third-order valence-corrected chi connectivity index (χ3v) is 5.18. The van der Waals surface area contributed by atoms with E-state index < -0.39 is 5.54 Å². The quantitative estimate of drug-likeness (QED) is 0.912. The molecule has 0 aliphatic carbocycles. The number of hydrogen-bond acceptors (Lipinski definition) is 4. The molecule has 1 saturated heterocycles. The average Bonchev–Trinajstić information content (AvgIpc) is 2.90. The molecule has 1 unspecified atom stereocenters. The molecule has 0 spiro atoms. The van der Waals surface area contributed by atoms with Crippen LogP contribution in [0, 0.1) is 0 Å². The van der Waals surface area contributed by atoms with Crippen molar-refractivity contribution < 1.29 is 4.79 Å². The van der Waals surface area contributed by atoms with Gasteiger partial charge in [0.25, 0.3) is 0 Å². The van der Waals surface area contributed by atoms with E-state index in [1.807, 2.05) is 25.1 Å².